The number of hydrogen-bond acceptors (Lipinski definition) is 5. The van der Waals surface area contributed by atoms with Gasteiger partial charge in [0.2, 0.25) is 0 Å². The molecule has 1 aromatic rings. The van der Waals surface area contributed by atoms with E-state index in [1.165, 1.54) is 7.11 Å². The number of thioether (sulfide) groups is 1. The average molecular weight is 283 g/mol. The number of esters is 1. The van der Waals surface area contributed by atoms with Gasteiger partial charge < -0.3 is 15.0 Å². The number of aromatic amines is 1. The van der Waals surface area contributed by atoms with Crippen LogP contribution in [0.2, 0.25) is 0 Å². The Morgan fingerprint density at radius 2 is 2.58 bits per heavy atom. The minimum Gasteiger partial charge on any atom is -0.468 e. The summed E-state index contributed by atoms with van der Waals surface area (Å²) in [5.41, 5.74) is -0.522. The van der Waals surface area contributed by atoms with E-state index in [0.717, 1.165) is 37.4 Å². The molecule has 0 amide bonds. The number of likely N-dealkylation sites (N-methyl/N-ethyl adjacent to an activating group) is 1. The summed E-state index contributed by atoms with van der Waals surface area (Å²) in [6.07, 6.45) is 7.35. The number of ether oxygens (including phenoxy) is 1. The smallest absolute Gasteiger partial charge is 0.326 e. The highest BCUT2D eigenvalue weighted by Crippen LogP contribution is 2.37. The monoisotopic (exact) mass is 283 g/mol. The van der Waals surface area contributed by atoms with Gasteiger partial charge in [-0.2, -0.15) is 0 Å². The Balaban J connectivity index is 2.06. The van der Waals surface area contributed by atoms with Crippen molar-refractivity contribution in [3.8, 4) is 0 Å². The molecule has 6 heteroatoms. The van der Waals surface area contributed by atoms with Gasteiger partial charge in [0.25, 0.3) is 0 Å². The van der Waals surface area contributed by atoms with Gasteiger partial charge in [0.05, 0.1) is 7.11 Å². The molecule has 1 aliphatic carbocycles. The molecule has 0 saturated heterocycles. The Bertz CT molecular complexity index is 406. The first-order valence-electron chi connectivity index (χ1n) is 6.69. The third-order valence-electron chi connectivity index (χ3n) is 3.55. The van der Waals surface area contributed by atoms with E-state index in [-0.39, 0.29) is 5.97 Å². The predicted octanol–water partition coefficient (Wildman–Crippen LogP) is 1.97. The quantitative estimate of drug-likeness (QED) is 0.809. The van der Waals surface area contributed by atoms with Gasteiger partial charge in [0, 0.05) is 17.6 Å². The molecule has 2 atom stereocenters. The number of aromatic nitrogens is 2. The number of H-pyrrole nitrogens is 1. The minimum absolute atomic E-state index is 0.140. The number of hydrogen-bond donors (Lipinski definition) is 2. The third kappa shape index (κ3) is 3.30. The molecule has 0 aromatic carbocycles. The van der Waals surface area contributed by atoms with Crippen molar-refractivity contribution in [2.75, 3.05) is 13.7 Å². The molecular weight excluding hydrogens is 262 g/mol. The molecule has 2 unspecified atom stereocenters. The first-order valence-corrected chi connectivity index (χ1v) is 7.57. The number of carbonyl (C=O) groups excluding carboxylic acids is 1. The topological polar surface area (TPSA) is 67.0 Å². The van der Waals surface area contributed by atoms with Gasteiger partial charge in [-0.1, -0.05) is 18.7 Å². The largest absolute Gasteiger partial charge is 0.468 e. The highest BCUT2D eigenvalue weighted by molar-refractivity contribution is 7.99. The van der Waals surface area contributed by atoms with E-state index >= 15 is 0 Å². The fourth-order valence-electron chi connectivity index (χ4n) is 2.75. The first kappa shape index (κ1) is 14.4. The number of nitrogens with zero attached hydrogens (tertiary/aromatic N) is 1. The number of rotatable bonds is 5. The summed E-state index contributed by atoms with van der Waals surface area (Å²) in [5, 5.41) is 4.65. The summed E-state index contributed by atoms with van der Waals surface area (Å²) in [4.78, 5) is 19.5. The predicted molar refractivity (Wildman–Crippen MR) is 75.1 cm³/mol. The van der Waals surface area contributed by atoms with Crippen LogP contribution in [0.5, 0.6) is 0 Å². The zero-order chi connectivity index (χ0) is 13.7. The molecule has 1 aliphatic rings. The zero-order valence-corrected chi connectivity index (χ0v) is 12.3. The van der Waals surface area contributed by atoms with Crippen molar-refractivity contribution >= 4 is 17.7 Å². The molecule has 19 heavy (non-hydrogen) atoms. The minimum atomic E-state index is -0.522. The Morgan fingerprint density at radius 3 is 3.21 bits per heavy atom. The lowest BCUT2D eigenvalue weighted by molar-refractivity contribution is -0.150. The van der Waals surface area contributed by atoms with E-state index in [2.05, 4.69) is 15.3 Å². The van der Waals surface area contributed by atoms with Crippen molar-refractivity contribution in [1.82, 2.24) is 15.3 Å². The Hall–Kier alpha value is -1.01. The highest BCUT2D eigenvalue weighted by Gasteiger charge is 2.43. The summed E-state index contributed by atoms with van der Waals surface area (Å²) >= 11 is 1.71. The number of methoxy groups -OCH3 is 1. The lowest BCUT2D eigenvalue weighted by Crippen LogP contribution is -2.55. The number of imidazole rings is 1. The molecule has 1 heterocycles. The first-order chi connectivity index (χ1) is 9.20. The standard InChI is InChI=1S/C13H21N3O2S/c1-3-16-13(11(17)18-2)6-4-5-10(9-13)19-12-14-7-8-15-12/h7-8,10,16H,3-6,9H2,1-2H3,(H,14,15). The molecule has 5 nitrogen and oxygen atoms in total. The molecule has 2 N–H and O–H groups in total. The van der Waals surface area contributed by atoms with Gasteiger partial charge in [-0.15, -0.1) is 0 Å². The van der Waals surface area contributed by atoms with Gasteiger partial charge in [-0.25, -0.2) is 4.98 Å². The second-order valence-electron chi connectivity index (χ2n) is 4.83. The highest BCUT2D eigenvalue weighted by atomic mass is 32.2. The van der Waals surface area contributed by atoms with Gasteiger partial charge in [-0.05, 0) is 32.2 Å². The number of carbonyl (C=O) groups is 1. The van der Waals surface area contributed by atoms with E-state index in [0.29, 0.717) is 5.25 Å². The Kier molecular flexibility index (Phi) is 4.87. The van der Waals surface area contributed by atoms with E-state index < -0.39 is 5.54 Å². The molecule has 0 bridgehead atoms. The summed E-state index contributed by atoms with van der Waals surface area (Å²) in [6.45, 7) is 2.79. The van der Waals surface area contributed by atoms with Crippen LogP contribution in [0.25, 0.3) is 0 Å². The van der Waals surface area contributed by atoms with Crippen LogP contribution in [0.1, 0.15) is 32.6 Å². The van der Waals surface area contributed by atoms with Crippen molar-refractivity contribution in [3.05, 3.63) is 12.4 Å². The van der Waals surface area contributed by atoms with Crippen molar-refractivity contribution < 1.29 is 9.53 Å². The van der Waals surface area contributed by atoms with Gasteiger partial charge in [-0.3, -0.25) is 4.79 Å². The molecule has 106 valence electrons. The summed E-state index contributed by atoms with van der Waals surface area (Å²) in [7, 11) is 1.46. The maximum Gasteiger partial charge on any atom is 0.326 e. The summed E-state index contributed by atoms with van der Waals surface area (Å²) in [5.74, 6) is -0.140. The van der Waals surface area contributed by atoms with Crippen LogP contribution in [0, 0.1) is 0 Å². The van der Waals surface area contributed by atoms with Crippen LogP contribution >= 0.6 is 11.8 Å². The molecule has 1 saturated carbocycles. The molecule has 0 aliphatic heterocycles. The fraction of sp³-hybridized carbons (Fsp3) is 0.692. The van der Waals surface area contributed by atoms with Crippen LogP contribution < -0.4 is 5.32 Å². The van der Waals surface area contributed by atoms with E-state index in [4.69, 9.17) is 4.74 Å². The SMILES string of the molecule is CCNC1(C(=O)OC)CCCC(Sc2ncc[nH]2)C1. The average Bonchev–Trinajstić information content (AvgIpc) is 2.91. The second kappa shape index (κ2) is 6.43. The molecule has 1 aromatic heterocycles. The van der Waals surface area contributed by atoms with Crippen molar-refractivity contribution in [1.29, 1.82) is 0 Å². The van der Waals surface area contributed by atoms with Crippen LogP contribution in [0.15, 0.2) is 17.6 Å². The molecule has 1 fully saturated rings. The molecule has 2 rings (SSSR count). The Labute approximate surface area is 117 Å². The van der Waals surface area contributed by atoms with Gasteiger partial charge in [0.1, 0.15) is 5.54 Å². The lowest BCUT2D eigenvalue weighted by Gasteiger charge is -2.38. The molecule has 0 radical (unpaired) electrons. The maximum atomic E-state index is 12.1. The number of nitrogens with one attached hydrogen (secondary N) is 2. The van der Waals surface area contributed by atoms with Crippen molar-refractivity contribution in [2.24, 2.45) is 0 Å². The van der Waals surface area contributed by atoms with Gasteiger partial charge >= 0.3 is 5.97 Å². The lowest BCUT2D eigenvalue weighted by atomic mass is 9.81. The van der Waals surface area contributed by atoms with E-state index in [1.807, 2.05) is 13.1 Å². The van der Waals surface area contributed by atoms with Crippen molar-refractivity contribution in [2.45, 2.75) is 48.6 Å². The van der Waals surface area contributed by atoms with Crippen LogP contribution in [0.4, 0.5) is 0 Å². The summed E-state index contributed by atoms with van der Waals surface area (Å²) in [6, 6.07) is 0. The van der Waals surface area contributed by atoms with Crippen LogP contribution in [-0.4, -0.2) is 40.4 Å². The van der Waals surface area contributed by atoms with Crippen LogP contribution in [-0.2, 0) is 9.53 Å². The van der Waals surface area contributed by atoms with Crippen molar-refractivity contribution in [3.63, 3.8) is 0 Å². The normalized spacial score (nSPS) is 27.2. The molecular formula is C13H21N3O2S. The summed E-state index contributed by atoms with van der Waals surface area (Å²) < 4.78 is 5.00. The van der Waals surface area contributed by atoms with E-state index in [9.17, 15) is 4.79 Å². The van der Waals surface area contributed by atoms with E-state index in [1.54, 1.807) is 18.0 Å². The third-order valence-corrected chi connectivity index (χ3v) is 4.73. The Morgan fingerprint density at radius 1 is 1.74 bits per heavy atom. The molecule has 0 spiro atoms. The maximum absolute atomic E-state index is 12.1. The van der Waals surface area contributed by atoms with Gasteiger partial charge in [0.15, 0.2) is 5.16 Å². The van der Waals surface area contributed by atoms with Crippen LogP contribution in [0.3, 0.4) is 0 Å². The second-order valence-corrected chi connectivity index (χ2v) is 6.12. The zero-order valence-electron chi connectivity index (χ0n) is 11.4. The fourth-order valence-corrected chi connectivity index (χ4v) is 3.98.